The summed E-state index contributed by atoms with van der Waals surface area (Å²) in [4.78, 5) is 36.0. The first kappa shape index (κ1) is 18.4. The van der Waals surface area contributed by atoms with Crippen molar-refractivity contribution in [2.45, 2.75) is 6.67 Å². The summed E-state index contributed by atoms with van der Waals surface area (Å²) in [5, 5.41) is 31.7. The Morgan fingerprint density at radius 3 is 2.61 bits per heavy atom. The average Bonchev–Trinajstić information content (AvgIpc) is 3.32. The molecule has 1 amide bonds. The fourth-order valence-corrected chi connectivity index (χ4v) is 2.23. The van der Waals surface area contributed by atoms with Crippen LogP contribution in [0.5, 0.6) is 5.75 Å². The van der Waals surface area contributed by atoms with Gasteiger partial charge < -0.3 is 20.2 Å². The zero-order valence-corrected chi connectivity index (χ0v) is 14.3. The van der Waals surface area contributed by atoms with Gasteiger partial charge in [-0.2, -0.15) is 9.78 Å². The summed E-state index contributed by atoms with van der Waals surface area (Å²) in [5.41, 5.74) is 0.107. The highest BCUT2D eigenvalue weighted by atomic mass is 16.6. The van der Waals surface area contributed by atoms with Crippen LogP contribution in [0.25, 0.3) is 0 Å². The Balaban J connectivity index is 1.72. The van der Waals surface area contributed by atoms with Crippen LogP contribution in [0, 0.1) is 20.2 Å². The average molecular weight is 388 g/mol. The standard InChI is InChI=1S/C14H12N8O6/c1-28-12-6-9(21(24)25)2-3-10(12)16-13(23)11-4-5-19(17-11)8-20-7-15-14(18-20)22(26)27/h2-7H,8H2,1H3,(H,16,23). The Morgan fingerprint density at radius 2 is 1.96 bits per heavy atom. The number of nitrogens with one attached hydrogen (secondary N) is 1. The SMILES string of the molecule is COc1cc([N+](=O)[O-])ccc1NC(=O)c1ccn(Cn2cnc([N+](=O)[O-])n2)n1. The third-order valence-electron chi connectivity index (χ3n) is 3.49. The molecule has 14 heteroatoms. The summed E-state index contributed by atoms with van der Waals surface area (Å²) in [6, 6.07) is 5.19. The molecule has 14 nitrogen and oxygen atoms in total. The van der Waals surface area contributed by atoms with E-state index in [4.69, 9.17) is 4.74 Å². The lowest BCUT2D eigenvalue weighted by atomic mass is 10.2. The number of aromatic nitrogens is 5. The van der Waals surface area contributed by atoms with Crippen molar-refractivity contribution < 1.29 is 19.4 Å². The molecule has 3 aromatic rings. The number of rotatable bonds is 7. The predicted molar refractivity (Wildman–Crippen MR) is 91.9 cm³/mol. The minimum atomic E-state index is -0.726. The van der Waals surface area contributed by atoms with E-state index in [0.717, 1.165) is 0 Å². The zero-order chi connectivity index (χ0) is 20.3. The quantitative estimate of drug-likeness (QED) is 0.458. The van der Waals surface area contributed by atoms with Crippen LogP contribution in [-0.2, 0) is 6.67 Å². The Labute approximate surface area is 155 Å². The van der Waals surface area contributed by atoms with Crippen LogP contribution in [0.15, 0.2) is 36.8 Å². The molecule has 1 N–H and O–H groups in total. The lowest BCUT2D eigenvalue weighted by Gasteiger charge is -2.08. The maximum atomic E-state index is 12.4. The van der Waals surface area contributed by atoms with Gasteiger partial charge in [0.25, 0.3) is 11.6 Å². The summed E-state index contributed by atoms with van der Waals surface area (Å²) < 4.78 is 7.58. The highest BCUT2D eigenvalue weighted by molar-refractivity contribution is 6.03. The van der Waals surface area contributed by atoms with Gasteiger partial charge in [-0.25, -0.2) is 4.68 Å². The summed E-state index contributed by atoms with van der Waals surface area (Å²) >= 11 is 0. The number of hydrogen-bond acceptors (Lipinski definition) is 9. The number of non-ortho nitro benzene ring substituents is 1. The van der Waals surface area contributed by atoms with E-state index in [9.17, 15) is 25.0 Å². The molecule has 0 aliphatic heterocycles. The lowest BCUT2D eigenvalue weighted by Crippen LogP contribution is -2.15. The van der Waals surface area contributed by atoms with Crippen LogP contribution >= 0.6 is 0 Å². The number of ether oxygens (including phenoxy) is 1. The van der Waals surface area contributed by atoms with Crippen molar-refractivity contribution in [1.82, 2.24) is 24.5 Å². The molecule has 0 radical (unpaired) electrons. The van der Waals surface area contributed by atoms with E-state index in [1.54, 1.807) is 0 Å². The van der Waals surface area contributed by atoms with Gasteiger partial charge in [0, 0.05) is 17.4 Å². The molecule has 0 atom stereocenters. The molecule has 1 aromatic carbocycles. The molecule has 0 saturated heterocycles. The highest BCUT2D eigenvalue weighted by Crippen LogP contribution is 2.29. The van der Waals surface area contributed by atoms with E-state index >= 15 is 0 Å². The van der Waals surface area contributed by atoms with Gasteiger partial charge in [-0.05, 0) is 17.1 Å². The number of benzene rings is 1. The smallest absolute Gasteiger partial charge is 0.491 e. The fourth-order valence-electron chi connectivity index (χ4n) is 2.23. The van der Waals surface area contributed by atoms with Crippen molar-refractivity contribution in [3.05, 3.63) is 62.7 Å². The molecule has 0 fully saturated rings. The molecule has 2 heterocycles. The number of hydrogen-bond donors (Lipinski definition) is 1. The third kappa shape index (κ3) is 3.90. The Morgan fingerprint density at radius 1 is 1.18 bits per heavy atom. The third-order valence-corrected chi connectivity index (χ3v) is 3.49. The molecular weight excluding hydrogens is 376 g/mol. The number of nitro benzene ring substituents is 1. The molecular formula is C14H12N8O6. The second kappa shape index (κ2) is 7.48. The number of amides is 1. The van der Waals surface area contributed by atoms with Crippen LogP contribution in [-0.4, -0.2) is 47.4 Å². The summed E-state index contributed by atoms with van der Waals surface area (Å²) in [7, 11) is 1.32. The first-order valence-electron chi connectivity index (χ1n) is 7.58. The van der Waals surface area contributed by atoms with Crippen molar-refractivity contribution in [1.29, 1.82) is 0 Å². The van der Waals surface area contributed by atoms with Crippen LogP contribution in [0.1, 0.15) is 10.5 Å². The Bertz CT molecular complexity index is 1060. The maximum Gasteiger partial charge on any atom is 0.491 e. The zero-order valence-electron chi connectivity index (χ0n) is 14.3. The summed E-state index contributed by atoms with van der Waals surface area (Å²) in [6.45, 7) is 0.00890. The van der Waals surface area contributed by atoms with Crippen LogP contribution < -0.4 is 10.1 Å². The molecule has 0 bridgehead atoms. The van der Waals surface area contributed by atoms with Gasteiger partial charge in [-0.1, -0.05) is 4.98 Å². The molecule has 2 aromatic heterocycles. The molecule has 0 unspecified atom stereocenters. The van der Waals surface area contributed by atoms with Gasteiger partial charge in [-0.3, -0.25) is 14.9 Å². The number of anilines is 1. The second-order valence-corrected chi connectivity index (χ2v) is 5.32. The van der Waals surface area contributed by atoms with Gasteiger partial charge in [0.05, 0.1) is 23.8 Å². The van der Waals surface area contributed by atoms with Gasteiger partial charge >= 0.3 is 5.95 Å². The molecule has 3 rings (SSSR count). The van der Waals surface area contributed by atoms with Crippen molar-refractivity contribution in [2.24, 2.45) is 0 Å². The summed E-state index contributed by atoms with van der Waals surface area (Å²) in [5.74, 6) is -0.997. The van der Waals surface area contributed by atoms with Crippen molar-refractivity contribution in [3.63, 3.8) is 0 Å². The largest absolute Gasteiger partial charge is 0.494 e. The van der Waals surface area contributed by atoms with E-state index in [-0.39, 0.29) is 29.5 Å². The van der Waals surface area contributed by atoms with Gasteiger partial charge in [-0.15, -0.1) is 0 Å². The van der Waals surface area contributed by atoms with E-state index in [2.05, 4.69) is 20.5 Å². The first-order chi connectivity index (χ1) is 13.4. The maximum absolute atomic E-state index is 12.4. The fraction of sp³-hybridized carbons (Fsp3) is 0.143. The van der Waals surface area contributed by atoms with Crippen molar-refractivity contribution in [2.75, 3.05) is 12.4 Å². The predicted octanol–water partition coefficient (Wildman–Crippen LogP) is 1.06. The topological polar surface area (TPSA) is 173 Å². The number of methoxy groups -OCH3 is 1. The molecule has 0 saturated carbocycles. The van der Waals surface area contributed by atoms with E-state index in [0.29, 0.717) is 0 Å². The lowest BCUT2D eigenvalue weighted by molar-refractivity contribution is -0.394. The number of carbonyl (C=O) groups is 1. The minimum absolute atomic E-state index is 0.00890. The Hall–Kier alpha value is -4.36. The summed E-state index contributed by atoms with van der Waals surface area (Å²) in [6.07, 6.45) is 2.65. The van der Waals surface area contributed by atoms with E-state index in [1.807, 2.05) is 0 Å². The number of nitro groups is 2. The second-order valence-electron chi connectivity index (χ2n) is 5.32. The normalized spacial score (nSPS) is 10.5. The molecule has 144 valence electrons. The van der Waals surface area contributed by atoms with Crippen LogP contribution in [0.2, 0.25) is 0 Å². The number of carbonyl (C=O) groups excluding carboxylic acids is 1. The number of nitrogens with zero attached hydrogens (tertiary/aromatic N) is 7. The molecule has 0 aliphatic carbocycles. The van der Waals surface area contributed by atoms with Crippen molar-refractivity contribution >= 4 is 23.2 Å². The van der Waals surface area contributed by atoms with Gasteiger partial charge in [0.2, 0.25) is 6.33 Å². The molecule has 0 aliphatic rings. The van der Waals surface area contributed by atoms with E-state index < -0.39 is 21.7 Å². The monoisotopic (exact) mass is 388 g/mol. The van der Waals surface area contributed by atoms with Gasteiger partial charge in [0.1, 0.15) is 5.75 Å². The van der Waals surface area contributed by atoms with Gasteiger partial charge in [0.15, 0.2) is 12.4 Å². The molecule has 28 heavy (non-hydrogen) atoms. The van der Waals surface area contributed by atoms with E-state index in [1.165, 1.54) is 53.3 Å². The first-order valence-corrected chi connectivity index (χ1v) is 7.58. The van der Waals surface area contributed by atoms with Crippen molar-refractivity contribution in [3.8, 4) is 5.75 Å². The Kier molecular flexibility index (Phi) is 4.93. The minimum Gasteiger partial charge on any atom is -0.494 e. The highest BCUT2D eigenvalue weighted by Gasteiger charge is 2.17. The van der Waals surface area contributed by atoms with Crippen LogP contribution in [0.3, 0.4) is 0 Å². The molecule has 0 spiro atoms. The van der Waals surface area contributed by atoms with Crippen LogP contribution in [0.4, 0.5) is 17.3 Å².